The Morgan fingerprint density at radius 1 is 1.10 bits per heavy atom. The van der Waals surface area contributed by atoms with Crippen molar-refractivity contribution in [3.63, 3.8) is 0 Å². The smallest absolute Gasteiger partial charge is 0.237 e. The highest BCUT2D eigenvalue weighted by Gasteiger charge is 2.19. The van der Waals surface area contributed by atoms with Crippen LogP contribution >= 0.6 is 0 Å². The van der Waals surface area contributed by atoms with E-state index < -0.39 is 6.04 Å². The van der Waals surface area contributed by atoms with Crippen molar-refractivity contribution in [3.05, 3.63) is 29.8 Å². The molecular weight excluding hydrogens is 252 g/mol. The second-order valence-electron chi connectivity index (χ2n) is 5.74. The Bertz CT molecular complexity index is 427. The van der Waals surface area contributed by atoms with Gasteiger partial charge in [0.05, 0.1) is 18.2 Å². The molecule has 1 amide bonds. The molecule has 4 heteroatoms. The fraction of sp³-hybridized carbons (Fsp3) is 0.562. The molecule has 1 rings (SSSR count). The number of ether oxygens (including phenoxy) is 1. The molecule has 0 bridgehead atoms. The highest BCUT2D eigenvalue weighted by atomic mass is 16.5. The van der Waals surface area contributed by atoms with Gasteiger partial charge in [-0.1, -0.05) is 26.0 Å². The van der Waals surface area contributed by atoms with Crippen LogP contribution in [0.4, 0.5) is 0 Å². The summed E-state index contributed by atoms with van der Waals surface area (Å²) in [5.74, 6) is 0.847. The lowest BCUT2D eigenvalue weighted by Crippen LogP contribution is -2.44. The molecule has 0 saturated heterocycles. The Balaban J connectivity index is 2.63. The third-order valence-corrected chi connectivity index (χ3v) is 3.13. The molecule has 1 aromatic carbocycles. The van der Waals surface area contributed by atoms with Crippen molar-refractivity contribution >= 4 is 5.91 Å². The summed E-state index contributed by atoms with van der Waals surface area (Å²) in [6, 6.07) is 7.22. The molecule has 0 aliphatic carbocycles. The van der Waals surface area contributed by atoms with E-state index in [1.165, 1.54) is 0 Å². The van der Waals surface area contributed by atoms with Gasteiger partial charge < -0.3 is 15.8 Å². The monoisotopic (exact) mass is 278 g/mol. The second-order valence-corrected chi connectivity index (χ2v) is 5.74. The minimum absolute atomic E-state index is 0.0691. The maximum atomic E-state index is 11.9. The normalized spacial score (nSPS) is 14.2. The summed E-state index contributed by atoms with van der Waals surface area (Å²) in [5, 5.41) is 2.93. The van der Waals surface area contributed by atoms with Crippen molar-refractivity contribution < 1.29 is 9.53 Å². The first kappa shape index (κ1) is 16.5. The summed E-state index contributed by atoms with van der Waals surface area (Å²) in [6.07, 6.45) is 0.155. The molecule has 20 heavy (non-hydrogen) atoms. The van der Waals surface area contributed by atoms with Crippen LogP contribution in [0.1, 0.15) is 46.2 Å². The summed E-state index contributed by atoms with van der Waals surface area (Å²) in [4.78, 5) is 11.9. The maximum absolute atomic E-state index is 11.9. The zero-order valence-corrected chi connectivity index (χ0v) is 13.0. The maximum Gasteiger partial charge on any atom is 0.237 e. The van der Waals surface area contributed by atoms with Gasteiger partial charge in [0.2, 0.25) is 5.91 Å². The van der Waals surface area contributed by atoms with E-state index in [4.69, 9.17) is 10.5 Å². The number of nitrogens with one attached hydrogen (secondary N) is 1. The molecule has 0 aliphatic rings. The van der Waals surface area contributed by atoms with Crippen LogP contribution in [0.3, 0.4) is 0 Å². The largest absolute Gasteiger partial charge is 0.491 e. The van der Waals surface area contributed by atoms with Gasteiger partial charge in [0.15, 0.2) is 0 Å². The topological polar surface area (TPSA) is 64.3 Å². The lowest BCUT2D eigenvalue weighted by molar-refractivity contribution is -0.123. The molecule has 0 aliphatic heterocycles. The van der Waals surface area contributed by atoms with Crippen LogP contribution < -0.4 is 15.8 Å². The molecule has 1 unspecified atom stereocenters. The molecule has 0 fully saturated rings. The third kappa shape index (κ3) is 4.85. The van der Waals surface area contributed by atoms with Gasteiger partial charge in [-0.2, -0.15) is 0 Å². The molecule has 2 atom stereocenters. The first-order valence-corrected chi connectivity index (χ1v) is 7.13. The predicted molar refractivity (Wildman–Crippen MR) is 81.6 cm³/mol. The fourth-order valence-corrected chi connectivity index (χ4v) is 1.80. The molecule has 0 heterocycles. The minimum Gasteiger partial charge on any atom is -0.491 e. The molecular formula is C16H26N2O2. The Morgan fingerprint density at radius 2 is 1.65 bits per heavy atom. The quantitative estimate of drug-likeness (QED) is 0.840. The van der Waals surface area contributed by atoms with Gasteiger partial charge in [0.1, 0.15) is 5.75 Å². The number of carbonyl (C=O) groups excluding carboxylic acids is 1. The highest BCUT2D eigenvalue weighted by Crippen LogP contribution is 2.18. The van der Waals surface area contributed by atoms with Crippen molar-refractivity contribution in [2.45, 2.75) is 52.8 Å². The van der Waals surface area contributed by atoms with E-state index in [0.717, 1.165) is 11.3 Å². The fourth-order valence-electron chi connectivity index (χ4n) is 1.80. The van der Waals surface area contributed by atoms with Crippen molar-refractivity contribution in [2.24, 2.45) is 11.7 Å². The summed E-state index contributed by atoms with van der Waals surface area (Å²) in [5.41, 5.74) is 6.87. The number of amides is 1. The number of benzene rings is 1. The predicted octanol–water partition coefficient (Wildman–Crippen LogP) is 2.63. The van der Waals surface area contributed by atoms with E-state index in [1.807, 2.05) is 58.9 Å². The average Bonchev–Trinajstić information content (AvgIpc) is 2.37. The van der Waals surface area contributed by atoms with Crippen molar-refractivity contribution in [1.29, 1.82) is 0 Å². The lowest BCUT2D eigenvalue weighted by Gasteiger charge is -2.20. The molecule has 0 aromatic heterocycles. The van der Waals surface area contributed by atoms with Gasteiger partial charge in [-0.05, 0) is 44.4 Å². The van der Waals surface area contributed by atoms with Crippen LogP contribution in [0.25, 0.3) is 0 Å². The average molecular weight is 278 g/mol. The van der Waals surface area contributed by atoms with Gasteiger partial charge in [-0.25, -0.2) is 0 Å². The minimum atomic E-state index is -0.471. The van der Waals surface area contributed by atoms with E-state index in [9.17, 15) is 4.79 Å². The van der Waals surface area contributed by atoms with E-state index in [-0.39, 0.29) is 24.0 Å². The number of hydrogen-bond acceptors (Lipinski definition) is 3. The molecule has 0 saturated carbocycles. The molecule has 0 radical (unpaired) electrons. The van der Waals surface area contributed by atoms with Crippen molar-refractivity contribution in [2.75, 3.05) is 0 Å². The van der Waals surface area contributed by atoms with Crippen molar-refractivity contribution in [1.82, 2.24) is 5.32 Å². The van der Waals surface area contributed by atoms with Gasteiger partial charge >= 0.3 is 0 Å². The Morgan fingerprint density at radius 3 is 2.10 bits per heavy atom. The molecule has 1 aromatic rings. The molecule has 112 valence electrons. The van der Waals surface area contributed by atoms with Gasteiger partial charge in [0.25, 0.3) is 0 Å². The van der Waals surface area contributed by atoms with Crippen LogP contribution in [-0.4, -0.2) is 18.1 Å². The summed E-state index contributed by atoms with van der Waals surface area (Å²) >= 11 is 0. The number of hydrogen-bond donors (Lipinski definition) is 2. The van der Waals surface area contributed by atoms with Crippen molar-refractivity contribution in [3.8, 4) is 5.75 Å². The lowest BCUT2D eigenvalue weighted by atomic mass is 10.0. The van der Waals surface area contributed by atoms with Crippen LogP contribution in [0.5, 0.6) is 5.75 Å². The van der Waals surface area contributed by atoms with Crippen LogP contribution in [-0.2, 0) is 4.79 Å². The number of carbonyl (C=O) groups is 1. The third-order valence-electron chi connectivity index (χ3n) is 3.13. The molecule has 3 N–H and O–H groups in total. The Hall–Kier alpha value is -1.55. The Labute approximate surface area is 121 Å². The number of nitrogens with two attached hydrogens (primary N) is 1. The SMILES string of the molecule is CC(C)Oc1ccc(C(C)NC(=O)[C@@H](N)C(C)C)cc1. The van der Waals surface area contributed by atoms with Gasteiger partial charge in [0, 0.05) is 0 Å². The molecule has 0 spiro atoms. The zero-order chi connectivity index (χ0) is 15.3. The first-order chi connectivity index (χ1) is 9.31. The van der Waals surface area contributed by atoms with E-state index in [2.05, 4.69) is 5.32 Å². The van der Waals surface area contributed by atoms with E-state index in [0.29, 0.717) is 0 Å². The van der Waals surface area contributed by atoms with Crippen LogP contribution in [0.15, 0.2) is 24.3 Å². The highest BCUT2D eigenvalue weighted by molar-refractivity contribution is 5.82. The zero-order valence-electron chi connectivity index (χ0n) is 13.0. The van der Waals surface area contributed by atoms with Crippen LogP contribution in [0.2, 0.25) is 0 Å². The number of rotatable bonds is 6. The summed E-state index contributed by atoms with van der Waals surface area (Å²) in [6.45, 7) is 9.80. The van der Waals surface area contributed by atoms with E-state index >= 15 is 0 Å². The van der Waals surface area contributed by atoms with Gasteiger partial charge in [-0.3, -0.25) is 4.79 Å². The van der Waals surface area contributed by atoms with E-state index in [1.54, 1.807) is 0 Å². The second kappa shape index (κ2) is 7.29. The Kier molecular flexibility index (Phi) is 6.02. The summed E-state index contributed by atoms with van der Waals surface area (Å²) < 4.78 is 5.59. The molecule has 4 nitrogen and oxygen atoms in total. The summed E-state index contributed by atoms with van der Waals surface area (Å²) in [7, 11) is 0. The van der Waals surface area contributed by atoms with Crippen LogP contribution in [0, 0.1) is 5.92 Å². The standard InChI is InChI=1S/C16H26N2O2/c1-10(2)15(17)16(19)18-12(5)13-6-8-14(9-7-13)20-11(3)4/h6-12,15H,17H2,1-5H3,(H,18,19)/t12?,15-/m0/s1. The van der Waals surface area contributed by atoms with Gasteiger partial charge in [-0.15, -0.1) is 0 Å². The first-order valence-electron chi connectivity index (χ1n) is 7.13.